The van der Waals surface area contributed by atoms with E-state index in [4.69, 9.17) is 5.73 Å². The first-order valence-corrected chi connectivity index (χ1v) is 9.28. The van der Waals surface area contributed by atoms with Gasteiger partial charge in [-0.1, -0.05) is 54.6 Å². The number of primary amides is 1. The van der Waals surface area contributed by atoms with Crippen LogP contribution in [-0.2, 0) is 10.0 Å². The lowest BCUT2D eigenvalue weighted by Gasteiger charge is -2.13. The molecule has 0 aliphatic rings. The quantitative estimate of drug-likeness (QED) is 0.641. The molecule has 7 heteroatoms. The number of sulfonamides is 1. The Morgan fingerprint density at radius 1 is 0.808 bits per heavy atom. The SMILES string of the molecule is NC(=O)Nc1cccc(NS(=O)(=O)c2ccccc2-c2ccccc2)c1. The number of hydrogen-bond acceptors (Lipinski definition) is 3. The molecule has 0 aliphatic carbocycles. The van der Waals surface area contributed by atoms with Crippen molar-refractivity contribution in [2.45, 2.75) is 4.90 Å². The van der Waals surface area contributed by atoms with Crippen LogP contribution in [0.4, 0.5) is 16.2 Å². The minimum absolute atomic E-state index is 0.166. The summed E-state index contributed by atoms with van der Waals surface area (Å²) in [5.41, 5.74) is 7.21. The highest BCUT2D eigenvalue weighted by molar-refractivity contribution is 7.92. The molecule has 0 bridgehead atoms. The van der Waals surface area contributed by atoms with E-state index in [2.05, 4.69) is 10.0 Å². The van der Waals surface area contributed by atoms with E-state index in [-0.39, 0.29) is 4.90 Å². The molecule has 0 aliphatic heterocycles. The molecule has 0 fully saturated rings. The molecule has 2 amide bonds. The number of anilines is 2. The summed E-state index contributed by atoms with van der Waals surface area (Å²) in [5, 5.41) is 2.41. The molecule has 3 aromatic carbocycles. The molecule has 6 nitrogen and oxygen atoms in total. The van der Waals surface area contributed by atoms with Gasteiger partial charge in [-0.25, -0.2) is 13.2 Å². The number of benzene rings is 3. The Hall–Kier alpha value is -3.32. The van der Waals surface area contributed by atoms with Crippen molar-refractivity contribution in [2.24, 2.45) is 5.73 Å². The summed E-state index contributed by atoms with van der Waals surface area (Å²) >= 11 is 0. The van der Waals surface area contributed by atoms with Crippen molar-refractivity contribution in [2.75, 3.05) is 10.0 Å². The largest absolute Gasteiger partial charge is 0.351 e. The molecular formula is C19H17N3O3S. The van der Waals surface area contributed by atoms with Crippen molar-refractivity contribution >= 4 is 27.4 Å². The minimum atomic E-state index is -3.83. The first-order chi connectivity index (χ1) is 12.5. The zero-order chi connectivity index (χ0) is 18.6. The van der Waals surface area contributed by atoms with Crippen molar-refractivity contribution in [3.8, 4) is 11.1 Å². The van der Waals surface area contributed by atoms with Crippen LogP contribution in [0.2, 0.25) is 0 Å². The van der Waals surface area contributed by atoms with Gasteiger partial charge in [0, 0.05) is 11.3 Å². The summed E-state index contributed by atoms with van der Waals surface area (Å²) in [7, 11) is -3.83. The molecule has 0 aromatic heterocycles. The van der Waals surface area contributed by atoms with Crippen LogP contribution in [0.5, 0.6) is 0 Å². The predicted molar refractivity (Wildman–Crippen MR) is 102 cm³/mol. The topological polar surface area (TPSA) is 101 Å². The highest BCUT2D eigenvalue weighted by Crippen LogP contribution is 2.29. The Kier molecular flexibility index (Phi) is 4.90. The van der Waals surface area contributed by atoms with Crippen molar-refractivity contribution < 1.29 is 13.2 Å². The number of nitrogens with two attached hydrogens (primary N) is 1. The summed E-state index contributed by atoms with van der Waals surface area (Å²) in [6, 6.07) is 21.6. The monoisotopic (exact) mass is 367 g/mol. The van der Waals surface area contributed by atoms with Crippen molar-refractivity contribution in [3.05, 3.63) is 78.9 Å². The van der Waals surface area contributed by atoms with E-state index in [9.17, 15) is 13.2 Å². The van der Waals surface area contributed by atoms with E-state index in [1.807, 2.05) is 30.3 Å². The van der Waals surface area contributed by atoms with Gasteiger partial charge < -0.3 is 11.1 Å². The van der Waals surface area contributed by atoms with E-state index in [1.54, 1.807) is 42.5 Å². The number of hydrogen-bond donors (Lipinski definition) is 3. The van der Waals surface area contributed by atoms with Crippen LogP contribution in [-0.4, -0.2) is 14.4 Å². The predicted octanol–water partition coefficient (Wildman–Crippen LogP) is 3.65. The average molecular weight is 367 g/mol. The Balaban J connectivity index is 1.96. The second-order valence-electron chi connectivity index (χ2n) is 5.54. The van der Waals surface area contributed by atoms with Crippen LogP contribution in [0.3, 0.4) is 0 Å². The fraction of sp³-hybridized carbons (Fsp3) is 0. The van der Waals surface area contributed by atoms with Crippen LogP contribution in [0, 0.1) is 0 Å². The molecule has 0 unspecified atom stereocenters. The van der Waals surface area contributed by atoms with Gasteiger partial charge in [0.2, 0.25) is 0 Å². The molecule has 0 radical (unpaired) electrons. The second-order valence-corrected chi connectivity index (χ2v) is 7.19. The maximum absolute atomic E-state index is 12.9. The summed E-state index contributed by atoms with van der Waals surface area (Å²) in [5.74, 6) is 0. The lowest BCUT2D eigenvalue weighted by molar-refractivity contribution is 0.259. The van der Waals surface area contributed by atoms with Crippen molar-refractivity contribution in [1.29, 1.82) is 0 Å². The number of amides is 2. The van der Waals surface area contributed by atoms with Crippen LogP contribution >= 0.6 is 0 Å². The molecule has 0 spiro atoms. The fourth-order valence-corrected chi connectivity index (χ4v) is 3.85. The van der Waals surface area contributed by atoms with E-state index in [0.717, 1.165) is 5.56 Å². The molecule has 0 heterocycles. The normalized spacial score (nSPS) is 10.9. The zero-order valence-electron chi connectivity index (χ0n) is 13.7. The summed E-state index contributed by atoms with van der Waals surface area (Å²) in [4.78, 5) is 11.1. The Morgan fingerprint density at radius 2 is 1.46 bits per heavy atom. The summed E-state index contributed by atoms with van der Waals surface area (Å²) in [6.07, 6.45) is 0. The highest BCUT2D eigenvalue weighted by Gasteiger charge is 2.19. The summed E-state index contributed by atoms with van der Waals surface area (Å²) in [6.45, 7) is 0. The first kappa shape index (κ1) is 17.5. The number of carbonyl (C=O) groups excluding carboxylic acids is 1. The average Bonchev–Trinajstić information content (AvgIpc) is 2.62. The van der Waals surface area contributed by atoms with E-state index < -0.39 is 16.1 Å². The first-order valence-electron chi connectivity index (χ1n) is 7.79. The number of rotatable bonds is 5. The van der Waals surface area contributed by atoms with Gasteiger partial charge in [-0.15, -0.1) is 0 Å². The minimum Gasteiger partial charge on any atom is -0.351 e. The molecule has 3 rings (SSSR count). The molecule has 26 heavy (non-hydrogen) atoms. The Labute approximate surface area is 151 Å². The smallest absolute Gasteiger partial charge is 0.316 e. The molecule has 0 saturated carbocycles. The third-order valence-corrected chi connectivity index (χ3v) is 5.08. The number of urea groups is 1. The third kappa shape index (κ3) is 4.01. The van der Waals surface area contributed by atoms with Gasteiger partial charge in [0.1, 0.15) is 0 Å². The number of carbonyl (C=O) groups is 1. The Bertz CT molecular complexity index is 1030. The van der Waals surface area contributed by atoms with Crippen LogP contribution in [0.25, 0.3) is 11.1 Å². The van der Waals surface area contributed by atoms with E-state index >= 15 is 0 Å². The molecular weight excluding hydrogens is 350 g/mol. The lowest BCUT2D eigenvalue weighted by atomic mass is 10.1. The van der Waals surface area contributed by atoms with Gasteiger partial charge in [0.25, 0.3) is 10.0 Å². The van der Waals surface area contributed by atoms with Gasteiger partial charge in [-0.2, -0.15) is 0 Å². The lowest BCUT2D eigenvalue weighted by Crippen LogP contribution is -2.19. The van der Waals surface area contributed by atoms with Crippen LogP contribution in [0.15, 0.2) is 83.8 Å². The zero-order valence-corrected chi connectivity index (χ0v) is 14.5. The maximum Gasteiger partial charge on any atom is 0.316 e. The summed E-state index contributed by atoms with van der Waals surface area (Å²) < 4.78 is 28.4. The van der Waals surface area contributed by atoms with E-state index in [0.29, 0.717) is 16.9 Å². The van der Waals surface area contributed by atoms with E-state index in [1.165, 1.54) is 6.07 Å². The molecule has 0 atom stereocenters. The maximum atomic E-state index is 12.9. The second kappa shape index (κ2) is 7.28. The van der Waals surface area contributed by atoms with Gasteiger partial charge in [-0.05, 0) is 29.8 Å². The van der Waals surface area contributed by atoms with Crippen molar-refractivity contribution in [3.63, 3.8) is 0 Å². The molecule has 0 saturated heterocycles. The van der Waals surface area contributed by atoms with Crippen LogP contribution in [0.1, 0.15) is 0 Å². The van der Waals surface area contributed by atoms with Crippen molar-refractivity contribution in [1.82, 2.24) is 0 Å². The van der Waals surface area contributed by atoms with Gasteiger partial charge >= 0.3 is 6.03 Å². The third-order valence-electron chi connectivity index (χ3n) is 3.64. The number of nitrogens with one attached hydrogen (secondary N) is 2. The Morgan fingerprint density at radius 3 is 2.19 bits per heavy atom. The van der Waals surface area contributed by atoms with Gasteiger partial charge in [-0.3, -0.25) is 4.72 Å². The highest BCUT2D eigenvalue weighted by atomic mass is 32.2. The molecule has 132 valence electrons. The van der Waals surface area contributed by atoms with Gasteiger partial charge in [0.05, 0.1) is 10.6 Å². The van der Waals surface area contributed by atoms with Gasteiger partial charge in [0.15, 0.2) is 0 Å². The standard InChI is InChI=1S/C19H17N3O3S/c20-19(23)21-15-9-6-10-16(13-15)22-26(24,25)18-12-5-4-11-17(18)14-7-2-1-3-8-14/h1-13,22H,(H3,20,21,23). The van der Waals surface area contributed by atoms with Crippen LogP contribution < -0.4 is 15.8 Å². The molecule has 3 aromatic rings. The fourth-order valence-electron chi connectivity index (χ4n) is 2.57. The molecule has 4 N–H and O–H groups in total.